The summed E-state index contributed by atoms with van der Waals surface area (Å²) in [5.41, 5.74) is 5.49. The van der Waals surface area contributed by atoms with Crippen LogP contribution in [0.4, 0.5) is 0 Å². The highest BCUT2D eigenvalue weighted by atomic mass is 15.4. The minimum absolute atomic E-state index is 0.916. The molecule has 4 nitrogen and oxygen atoms in total. The standard InChI is InChI=1S/C15H22N4/c1-12-9-14(3)15(10-13(12)2)11-16-5-4-7-19-8-6-17-18-19/h6,8-10,16H,4-5,7,11H2,1-3H3. The second kappa shape index (κ2) is 6.48. The van der Waals surface area contributed by atoms with Crippen molar-refractivity contribution in [3.8, 4) is 0 Å². The Bertz CT molecular complexity index is 517. The van der Waals surface area contributed by atoms with Crippen LogP contribution in [-0.4, -0.2) is 21.5 Å². The van der Waals surface area contributed by atoms with Crippen molar-refractivity contribution >= 4 is 0 Å². The number of nitrogens with zero attached hydrogens (tertiary/aromatic N) is 3. The van der Waals surface area contributed by atoms with Gasteiger partial charge in [0, 0.05) is 19.3 Å². The third kappa shape index (κ3) is 3.89. The Morgan fingerprint density at radius 2 is 1.89 bits per heavy atom. The molecule has 1 aromatic carbocycles. The summed E-state index contributed by atoms with van der Waals surface area (Å²) in [7, 11) is 0. The largest absolute Gasteiger partial charge is 0.313 e. The van der Waals surface area contributed by atoms with Gasteiger partial charge >= 0.3 is 0 Å². The lowest BCUT2D eigenvalue weighted by Crippen LogP contribution is -2.17. The summed E-state index contributed by atoms with van der Waals surface area (Å²) < 4.78 is 1.86. The van der Waals surface area contributed by atoms with Gasteiger partial charge in [-0.25, -0.2) is 0 Å². The average Bonchev–Trinajstić information content (AvgIpc) is 2.88. The minimum atomic E-state index is 0.916. The average molecular weight is 258 g/mol. The summed E-state index contributed by atoms with van der Waals surface area (Å²) in [5, 5.41) is 11.2. The lowest BCUT2D eigenvalue weighted by atomic mass is 10.0. The summed E-state index contributed by atoms with van der Waals surface area (Å²) in [6.07, 6.45) is 4.67. The van der Waals surface area contributed by atoms with Crippen molar-refractivity contribution in [2.24, 2.45) is 0 Å². The zero-order chi connectivity index (χ0) is 13.7. The predicted molar refractivity (Wildman–Crippen MR) is 77.0 cm³/mol. The first-order valence-corrected chi connectivity index (χ1v) is 6.78. The fourth-order valence-electron chi connectivity index (χ4n) is 2.15. The van der Waals surface area contributed by atoms with Crippen LogP contribution in [0, 0.1) is 20.8 Å². The third-order valence-electron chi connectivity index (χ3n) is 3.48. The quantitative estimate of drug-likeness (QED) is 0.809. The monoisotopic (exact) mass is 258 g/mol. The van der Waals surface area contributed by atoms with E-state index in [1.165, 1.54) is 22.3 Å². The molecule has 0 spiro atoms. The Hall–Kier alpha value is -1.68. The van der Waals surface area contributed by atoms with Gasteiger partial charge in [-0.3, -0.25) is 4.68 Å². The van der Waals surface area contributed by atoms with Gasteiger partial charge in [-0.2, -0.15) is 0 Å². The second-order valence-electron chi connectivity index (χ2n) is 5.06. The van der Waals surface area contributed by atoms with Crippen LogP contribution in [0.15, 0.2) is 24.5 Å². The molecule has 0 atom stereocenters. The van der Waals surface area contributed by atoms with E-state index in [4.69, 9.17) is 0 Å². The fraction of sp³-hybridized carbons (Fsp3) is 0.467. The first-order chi connectivity index (χ1) is 9.16. The molecule has 19 heavy (non-hydrogen) atoms. The Morgan fingerprint density at radius 1 is 1.11 bits per heavy atom. The number of aryl methyl sites for hydroxylation is 4. The van der Waals surface area contributed by atoms with E-state index in [0.717, 1.165) is 26.1 Å². The van der Waals surface area contributed by atoms with E-state index in [2.05, 4.69) is 48.5 Å². The van der Waals surface area contributed by atoms with Gasteiger partial charge in [-0.05, 0) is 56.0 Å². The molecule has 0 fully saturated rings. The molecule has 1 N–H and O–H groups in total. The number of hydrogen-bond donors (Lipinski definition) is 1. The van der Waals surface area contributed by atoms with Gasteiger partial charge in [0.2, 0.25) is 0 Å². The maximum atomic E-state index is 3.95. The van der Waals surface area contributed by atoms with Crippen LogP contribution in [0.1, 0.15) is 28.7 Å². The molecule has 0 aliphatic carbocycles. The highest BCUT2D eigenvalue weighted by Crippen LogP contribution is 2.14. The van der Waals surface area contributed by atoms with E-state index in [-0.39, 0.29) is 0 Å². The Labute approximate surface area is 114 Å². The topological polar surface area (TPSA) is 42.7 Å². The van der Waals surface area contributed by atoms with Crippen LogP contribution < -0.4 is 5.32 Å². The number of aromatic nitrogens is 3. The molecule has 102 valence electrons. The van der Waals surface area contributed by atoms with Crippen molar-refractivity contribution in [1.29, 1.82) is 0 Å². The molecule has 0 radical (unpaired) electrons. The van der Waals surface area contributed by atoms with Crippen LogP contribution in [0.3, 0.4) is 0 Å². The number of benzene rings is 1. The minimum Gasteiger partial charge on any atom is -0.313 e. The van der Waals surface area contributed by atoms with Crippen LogP contribution in [0.5, 0.6) is 0 Å². The molecule has 1 aromatic heterocycles. The van der Waals surface area contributed by atoms with Gasteiger partial charge in [-0.15, -0.1) is 5.10 Å². The van der Waals surface area contributed by atoms with Crippen molar-refractivity contribution in [3.63, 3.8) is 0 Å². The molecule has 0 saturated heterocycles. The smallest absolute Gasteiger partial charge is 0.0692 e. The second-order valence-corrected chi connectivity index (χ2v) is 5.06. The first-order valence-electron chi connectivity index (χ1n) is 6.78. The molecule has 0 bridgehead atoms. The number of hydrogen-bond acceptors (Lipinski definition) is 3. The van der Waals surface area contributed by atoms with E-state index in [1.54, 1.807) is 6.20 Å². The summed E-state index contributed by atoms with van der Waals surface area (Å²) in [6, 6.07) is 4.55. The number of rotatable bonds is 6. The van der Waals surface area contributed by atoms with Gasteiger partial charge in [0.1, 0.15) is 0 Å². The summed E-state index contributed by atoms with van der Waals surface area (Å²) >= 11 is 0. The van der Waals surface area contributed by atoms with Gasteiger partial charge in [0.25, 0.3) is 0 Å². The zero-order valence-electron chi connectivity index (χ0n) is 12.0. The molecule has 0 aliphatic rings. The Morgan fingerprint density at radius 3 is 2.63 bits per heavy atom. The van der Waals surface area contributed by atoms with E-state index in [1.807, 2.05) is 10.9 Å². The molecular formula is C15H22N4. The molecule has 0 amide bonds. The van der Waals surface area contributed by atoms with Gasteiger partial charge < -0.3 is 5.32 Å². The highest BCUT2D eigenvalue weighted by Gasteiger charge is 2.01. The molecule has 4 heteroatoms. The fourth-order valence-corrected chi connectivity index (χ4v) is 2.15. The van der Waals surface area contributed by atoms with E-state index < -0.39 is 0 Å². The first kappa shape index (κ1) is 13.7. The van der Waals surface area contributed by atoms with Gasteiger partial charge in [-0.1, -0.05) is 17.3 Å². The van der Waals surface area contributed by atoms with Crippen LogP contribution in [0.2, 0.25) is 0 Å². The number of nitrogens with one attached hydrogen (secondary N) is 1. The molecule has 1 heterocycles. The highest BCUT2D eigenvalue weighted by molar-refractivity contribution is 5.36. The lowest BCUT2D eigenvalue weighted by Gasteiger charge is -2.11. The van der Waals surface area contributed by atoms with Gasteiger partial charge in [0.15, 0.2) is 0 Å². The summed E-state index contributed by atoms with van der Waals surface area (Å²) in [6.45, 7) is 9.36. The van der Waals surface area contributed by atoms with Gasteiger partial charge in [0.05, 0.1) is 6.20 Å². The maximum Gasteiger partial charge on any atom is 0.0692 e. The van der Waals surface area contributed by atoms with E-state index >= 15 is 0 Å². The molecule has 0 unspecified atom stereocenters. The van der Waals surface area contributed by atoms with Crippen molar-refractivity contribution in [3.05, 3.63) is 46.8 Å². The van der Waals surface area contributed by atoms with Crippen molar-refractivity contribution in [2.45, 2.75) is 40.3 Å². The van der Waals surface area contributed by atoms with Crippen LogP contribution in [-0.2, 0) is 13.1 Å². The van der Waals surface area contributed by atoms with E-state index in [0.29, 0.717) is 0 Å². The Kier molecular flexibility index (Phi) is 4.68. The molecule has 2 aromatic rings. The Balaban J connectivity index is 1.75. The molecular weight excluding hydrogens is 236 g/mol. The van der Waals surface area contributed by atoms with Crippen LogP contribution in [0.25, 0.3) is 0 Å². The SMILES string of the molecule is Cc1cc(C)c(CNCCCn2ccnn2)cc1C. The lowest BCUT2D eigenvalue weighted by molar-refractivity contribution is 0.530. The normalized spacial score (nSPS) is 10.9. The van der Waals surface area contributed by atoms with Crippen molar-refractivity contribution in [1.82, 2.24) is 20.3 Å². The summed E-state index contributed by atoms with van der Waals surface area (Å²) in [5.74, 6) is 0. The molecule has 0 saturated carbocycles. The zero-order valence-corrected chi connectivity index (χ0v) is 12.0. The van der Waals surface area contributed by atoms with Crippen LogP contribution >= 0.6 is 0 Å². The predicted octanol–water partition coefficient (Wildman–Crippen LogP) is 2.38. The van der Waals surface area contributed by atoms with E-state index in [9.17, 15) is 0 Å². The molecule has 0 aliphatic heterocycles. The maximum absolute atomic E-state index is 3.95. The molecule has 2 rings (SSSR count). The van der Waals surface area contributed by atoms with Crippen molar-refractivity contribution < 1.29 is 0 Å². The summed E-state index contributed by atoms with van der Waals surface area (Å²) in [4.78, 5) is 0. The third-order valence-corrected chi connectivity index (χ3v) is 3.48. The van der Waals surface area contributed by atoms with Crippen molar-refractivity contribution in [2.75, 3.05) is 6.54 Å².